The molecule has 2 amide bonds. The molecule has 2 heterocycles. The van der Waals surface area contributed by atoms with E-state index in [1.165, 1.54) is 0 Å². The van der Waals surface area contributed by atoms with Crippen molar-refractivity contribution in [2.45, 2.75) is 32.6 Å². The van der Waals surface area contributed by atoms with Gasteiger partial charge in [0.1, 0.15) is 0 Å². The van der Waals surface area contributed by atoms with Gasteiger partial charge in [-0.15, -0.1) is 0 Å². The van der Waals surface area contributed by atoms with Crippen molar-refractivity contribution in [2.24, 2.45) is 0 Å². The Balaban J connectivity index is 1.31. The molecule has 0 atom stereocenters. The summed E-state index contributed by atoms with van der Waals surface area (Å²) in [6.07, 6.45) is 3.02. The van der Waals surface area contributed by atoms with Crippen molar-refractivity contribution < 1.29 is 14.1 Å². The summed E-state index contributed by atoms with van der Waals surface area (Å²) >= 11 is 0. The number of amides is 2. The number of hydrogen-bond donors (Lipinski definition) is 0. The number of benzene rings is 2. The minimum atomic E-state index is 0.0533. The Hall–Kier alpha value is -3.48. The standard InChI is InChI=1S/C25H28N4O3/c1-18-6-5-7-19(16-18)17-23(30)28(2)15-12-22-26-24(32-27-22)20-8-10-21(11-9-20)25(31)29-13-3-4-14-29/h5-11,16H,3-4,12-15,17H2,1-2H3. The molecule has 0 N–H and O–H groups in total. The Morgan fingerprint density at radius 1 is 1.09 bits per heavy atom. The molecule has 4 rings (SSSR count). The van der Waals surface area contributed by atoms with Crippen LogP contribution < -0.4 is 0 Å². The second-order valence-corrected chi connectivity index (χ2v) is 8.32. The SMILES string of the molecule is Cc1cccc(CC(=O)N(C)CCc2noc(-c3ccc(C(=O)N4CCCC4)cc3)n2)c1. The maximum absolute atomic E-state index is 12.5. The summed E-state index contributed by atoms with van der Waals surface area (Å²) in [4.78, 5) is 33.0. The second kappa shape index (κ2) is 9.77. The van der Waals surface area contributed by atoms with Crippen LogP contribution in [0.15, 0.2) is 53.1 Å². The van der Waals surface area contributed by atoms with Crippen molar-refractivity contribution in [1.29, 1.82) is 0 Å². The van der Waals surface area contributed by atoms with E-state index in [9.17, 15) is 9.59 Å². The number of hydrogen-bond acceptors (Lipinski definition) is 5. The molecule has 0 spiro atoms. The second-order valence-electron chi connectivity index (χ2n) is 8.32. The quantitative estimate of drug-likeness (QED) is 0.571. The van der Waals surface area contributed by atoms with Crippen LogP contribution in [0.2, 0.25) is 0 Å². The minimum Gasteiger partial charge on any atom is -0.345 e. The average molecular weight is 433 g/mol. The largest absolute Gasteiger partial charge is 0.345 e. The van der Waals surface area contributed by atoms with Gasteiger partial charge in [-0.25, -0.2) is 0 Å². The van der Waals surface area contributed by atoms with E-state index in [4.69, 9.17) is 4.52 Å². The van der Waals surface area contributed by atoms with Gasteiger partial charge < -0.3 is 14.3 Å². The molecular weight excluding hydrogens is 404 g/mol. The van der Waals surface area contributed by atoms with Gasteiger partial charge in [-0.1, -0.05) is 35.0 Å². The van der Waals surface area contributed by atoms with E-state index in [2.05, 4.69) is 10.1 Å². The van der Waals surface area contributed by atoms with Crippen LogP contribution in [-0.2, 0) is 17.6 Å². The molecule has 1 aromatic heterocycles. The van der Waals surface area contributed by atoms with E-state index in [0.717, 1.165) is 42.6 Å². The van der Waals surface area contributed by atoms with Crippen molar-refractivity contribution >= 4 is 11.8 Å². The lowest BCUT2D eigenvalue weighted by atomic mass is 10.1. The van der Waals surface area contributed by atoms with Crippen LogP contribution in [0.3, 0.4) is 0 Å². The van der Waals surface area contributed by atoms with Crippen LogP contribution in [0.4, 0.5) is 0 Å². The summed E-state index contributed by atoms with van der Waals surface area (Å²) in [5, 5.41) is 4.04. The molecule has 1 aliphatic rings. The highest BCUT2D eigenvalue weighted by molar-refractivity contribution is 5.94. The lowest BCUT2D eigenvalue weighted by Gasteiger charge is -2.16. The van der Waals surface area contributed by atoms with Crippen LogP contribution in [0.25, 0.3) is 11.5 Å². The predicted molar refractivity (Wildman–Crippen MR) is 121 cm³/mol. The number of likely N-dealkylation sites (tertiary alicyclic amines) is 1. The van der Waals surface area contributed by atoms with Gasteiger partial charge in [-0.3, -0.25) is 9.59 Å². The zero-order valence-corrected chi connectivity index (χ0v) is 18.6. The summed E-state index contributed by atoms with van der Waals surface area (Å²) in [6.45, 7) is 4.18. The van der Waals surface area contributed by atoms with Gasteiger partial charge >= 0.3 is 0 Å². The van der Waals surface area contributed by atoms with Crippen LogP contribution >= 0.6 is 0 Å². The first-order valence-corrected chi connectivity index (χ1v) is 11.0. The number of carbonyl (C=O) groups excluding carboxylic acids is 2. The van der Waals surface area contributed by atoms with Gasteiger partial charge in [0.05, 0.1) is 6.42 Å². The fourth-order valence-corrected chi connectivity index (χ4v) is 3.86. The summed E-state index contributed by atoms with van der Waals surface area (Å²) in [5.74, 6) is 1.08. The molecule has 0 radical (unpaired) electrons. The van der Waals surface area contributed by atoms with Crippen molar-refractivity contribution in [3.05, 3.63) is 71.0 Å². The van der Waals surface area contributed by atoms with Crippen LogP contribution in [0, 0.1) is 6.92 Å². The molecule has 1 aliphatic heterocycles. The van der Waals surface area contributed by atoms with Crippen LogP contribution in [0.1, 0.15) is 40.2 Å². The topological polar surface area (TPSA) is 79.5 Å². The third kappa shape index (κ3) is 5.22. The molecule has 0 saturated carbocycles. The highest BCUT2D eigenvalue weighted by Gasteiger charge is 2.20. The number of rotatable bonds is 7. The normalized spacial score (nSPS) is 13.4. The molecule has 32 heavy (non-hydrogen) atoms. The molecule has 3 aromatic rings. The fraction of sp³-hybridized carbons (Fsp3) is 0.360. The fourth-order valence-electron chi connectivity index (χ4n) is 3.86. The zero-order valence-electron chi connectivity index (χ0n) is 18.6. The van der Waals surface area contributed by atoms with E-state index in [-0.39, 0.29) is 11.8 Å². The van der Waals surface area contributed by atoms with E-state index in [0.29, 0.717) is 36.7 Å². The summed E-state index contributed by atoms with van der Waals surface area (Å²) < 4.78 is 5.39. The minimum absolute atomic E-state index is 0.0533. The van der Waals surface area contributed by atoms with Gasteiger partial charge in [-0.05, 0) is 49.6 Å². The molecule has 0 unspecified atom stereocenters. The van der Waals surface area contributed by atoms with Crippen molar-refractivity contribution in [1.82, 2.24) is 19.9 Å². The van der Waals surface area contributed by atoms with E-state index >= 15 is 0 Å². The Labute approximate surface area is 188 Å². The predicted octanol–water partition coefficient (Wildman–Crippen LogP) is 3.52. The third-order valence-corrected chi connectivity index (χ3v) is 5.77. The van der Waals surface area contributed by atoms with E-state index < -0.39 is 0 Å². The molecule has 7 nitrogen and oxygen atoms in total. The Morgan fingerprint density at radius 2 is 1.84 bits per heavy atom. The molecule has 0 aliphatic carbocycles. The Kier molecular flexibility index (Phi) is 6.63. The third-order valence-electron chi connectivity index (χ3n) is 5.77. The van der Waals surface area contributed by atoms with Gasteiger partial charge in [0.15, 0.2) is 5.82 Å². The van der Waals surface area contributed by atoms with Crippen LogP contribution in [0.5, 0.6) is 0 Å². The summed E-state index contributed by atoms with van der Waals surface area (Å²) in [7, 11) is 1.79. The molecule has 166 valence electrons. The molecule has 1 saturated heterocycles. The van der Waals surface area contributed by atoms with Crippen LogP contribution in [-0.4, -0.2) is 58.4 Å². The summed E-state index contributed by atoms with van der Waals surface area (Å²) in [5.41, 5.74) is 3.59. The Bertz CT molecular complexity index is 1080. The van der Waals surface area contributed by atoms with Gasteiger partial charge in [0.25, 0.3) is 11.8 Å². The summed E-state index contributed by atoms with van der Waals surface area (Å²) in [6, 6.07) is 15.2. The molecule has 1 fully saturated rings. The highest BCUT2D eigenvalue weighted by atomic mass is 16.5. The van der Waals surface area contributed by atoms with Gasteiger partial charge in [-0.2, -0.15) is 4.98 Å². The lowest BCUT2D eigenvalue weighted by Crippen LogP contribution is -2.30. The number of aromatic nitrogens is 2. The lowest BCUT2D eigenvalue weighted by molar-refractivity contribution is -0.129. The smallest absolute Gasteiger partial charge is 0.257 e. The first-order chi connectivity index (χ1) is 15.5. The van der Waals surface area contributed by atoms with Gasteiger partial charge in [0, 0.05) is 44.2 Å². The van der Waals surface area contributed by atoms with Crippen molar-refractivity contribution in [3.8, 4) is 11.5 Å². The van der Waals surface area contributed by atoms with Gasteiger partial charge in [0.2, 0.25) is 5.91 Å². The van der Waals surface area contributed by atoms with E-state index in [1.807, 2.05) is 48.2 Å². The van der Waals surface area contributed by atoms with Crippen molar-refractivity contribution in [3.63, 3.8) is 0 Å². The number of carbonyl (C=O) groups is 2. The first kappa shape index (κ1) is 21.7. The molecule has 0 bridgehead atoms. The highest BCUT2D eigenvalue weighted by Crippen LogP contribution is 2.20. The maximum atomic E-state index is 12.5. The molecule has 2 aromatic carbocycles. The number of likely N-dealkylation sites (N-methyl/N-ethyl adjacent to an activating group) is 1. The molecule has 7 heteroatoms. The number of aryl methyl sites for hydroxylation is 1. The monoisotopic (exact) mass is 432 g/mol. The molecular formula is C25H28N4O3. The van der Waals surface area contributed by atoms with Crippen molar-refractivity contribution in [2.75, 3.05) is 26.7 Å². The zero-order chi connectivity index (χ0) is 22.5. The first-order valence-electron chi connectivity index (χ1n) is 11.0. The maximum Gasteiger partial charge on any atom is 0.257 e. The average Bonchev–Trinajstić information content (AvgIpc) is 3.49. The van der Waals surface area contributed by atoms with E-state index in [1.54, 1.807) is 24.1 Å². The number of nitrogens with zero attached hydrogens (tertiary/aromatic N) is 4. The Morgan fingerprint density at radius 3 is 2.56 bits per heavy atom.